The maximum Gasteiger partial charge on any atom is 0.298 e. The molecular weight excluding hydrogens is 332 g/mol. The first kappa shape index (κ1) is 15.3. The van der Waals surface area contributed by atoms with E-state index in [2.05, 4.69) is 0 Å². The van der Waals surface area contributed by atoms with Gasteiger partial charge >= 0.3 is 0 Å². The van der Waals surface area contributed by atoms with E-state index in [1.165, 1.54) is 0 Å². The van der Waals surface area contributed by atoms with Gasteiger partial charge in [0.2, 0.25) is 0 Å². The Labute approximate surface area is 142 Å². The standard InChI is InChI=1S/C17H9ClN2O2S/c18-13-5-7-14(8-6-13)20-16(21)15(23-17(20)22)9-11-1-3-12(10-19)4-2-11/h1-9H/b15-9-. The molecule has 3 rings (SSSR count). The van der Waals surface area contributed by atoms with Gasteiger partial charge in [0, 0.05) is 5.02 Å². The average molecular weight is 341 g/mol. The first-order valence-electron chi connectivity index (χ1n) is 6.62. The second kappa shape index (κ2) is 6.29. The Morgan fingerprint density at radius 1 is 1.04 bits per heavy atom. The molecular formula is C17H9ClN2O2S. The van der Waals surface area contributed by atoms with Crippen LogP contribution in [-0.4, -0.2) is 11.1 Å². The van der Waals surface area contributed by atoms with Crippen LogP contribution in [0.4, 0.5) is 10.5 Å². The van der Waals surface area contributed by atoms with Crippen molar-refractivity contribution in [3.8, 4) is 6.07 Å². The lowest BCUT2D eigenvalue weighted by Crippen LogP contribution is -2.27. The summed E-state index contributed by atoms with van der Waals surface area (Å²) in [7, 11) is 0. The highest BCUT2D eigenvalue weighted by atomic mass is 35.5. The third-order valence-corrected chi connectivity index (χ3v) is 4.34. The first-order valence-corrected chi connectivity index (χ1v) is 7.81. The Bertz CT molecular complexity index is 852. The molecule has 2 aromatic rings. The lowest BCUT2D eigenvalue weighted by Gasteiger charge is -2.12. The summed E-state index contributed by atoms with van der Waals surface area (Å²) in [6.45, 7) is 0. The quantitative estimate of drug-likeness (QED) is 0.757. The molecule has 2 aromatic carbocycles. The van der Waals surface area contributed by atoms with E-state index < -0.39 is 0 Å². The molecule has 1 aliphatic rings. The van der Waals surface area contributed by atoms with E-state index in [1.54, 1.807) is 54.6 Å². The average Bonchev–Trinajstić information content (AvgIpc) is 2.83. The summed E-state index contributed by atoms with van der Waals surface area (Å²) in [5.41, 5.74) is 1.78. The fourth-order valence-corrected chi connectivity index (χ4v) is 3.05. The Morgan fingerprint density at radius 3 is 2.30 bits per heavy atom. The van der Waals surface area contributed by atoms with Crippen LogP contribution in [-0.2, 0) is 4.79 Å². The van der Waals surface area contributed by atoms with Crippen LogP contribution in [0.1, 0.15) is 11.1 Å². The molecule has 0 radical (unpaired) electrons. The van der Waals surface area contributed by atoms with Crippen molar-refractivity contribution in [2.24, 2.45) is 0 Å². The molecule has 0 saturated carbocycles. The molecule has 0 bridgehead atoms. The molecule has 112 valence electrons. The number of hydrogen-bond acceptors (Lipinski definition) is 4. The number of carbonyl (C=O) groups is 2. The molecule has 6 heteroatoms. The number of nitrogens with zero attached hydrogens (tertiary/aromatic N) is 2. The van der Waals surface area contributed by atoms with Gasteiger partial charge in [0.15, 0.2) is 0 Å². The van der Waals surface area contributed by atoms with Gasteiger partial charge < -0.3 is 0 Å². The first-order chi connectivity index (χ1) is 11.1. The molecule has 2 amide bonds. The number of imide groups is 1. The van der Waals surface area contributed by atoms with Gasteiger partial charge in [-0.3, -0.25) is 9.59 Å². The zero-order valence-electron chi connectivity index (χ0n) is 11.7. The lowest BCUT2D eigenvalue weighted by molar-refractivity contribution is -0.113. The molecule has 0 aliphatic carbocycles. The highest BCUT2D eigenvalue weighted by Crippen LogP contribution is 2.36. The number of hydrogen-bond donors (Lipinski definition) is 0. The summed E-state index contributed by atoms with van der Waals surface area (Å²) in [6.07, 6.45) is 1.64. The topological polar surface area (TPSA) is 61.2 Å². The van der Waals surface area contributed by atoms with Crippen LogP contribution >= 0.6 is 23.4 Å². The van der Waals surface area contributed by atoms with Crippen LogP contribution in [0.15, 0.2) is 53.4 Å². The normalized spacial score (nSPS) is 16.0. The molecule has 0 N–H and O–H groups in total. The molecule has 1 saturated heterocycles. The van der Waals surface area contributed by atoms with Crippen molar-refractivity contribution in [2.75, 3.05) is 4.90 Å². The van der Waals surface area contributed by atoms with Gasteiger partial charge in [0.1, 0.15) is 0 Å². The molecule has 0 atom stereocenters. The van der Waals surface area contributed by atoms with Gasteiger partial charge in [-0.25, -0.2) is 4.90 Å². The van der Waals surface area contributed by atoms with Crippen molar-refractivity contribution in [1.29, 1.82) is 5.26 Å². The van der Waals surface area contributed by atoms with Crippen LogP contribution < -0.4 is 4.90 Å². The summed E-state index contributed by atoms with van der Waals surface area (Å²) >= 11 is 6.71. The number of nitriles is 1. The number of benzene rings is 2. The highest BCUT2D eigenvalue weighted by molar-refractivity contribution is 8.19. The van der Waals surface area contributed by atoms with Crippen LogP contribution in [0.2, 0.25) is 5.02 Å². The zero-order valence-corrected chi connectivity index (χ0v) is 13.3. The number of rotatable bonds is 2. The maximum absolute atomic E-state index is 12.5. The smallest absolute Gasteiger partial charge is 0.268 e. The molecule has 1 aliphatic heterocycles. The van der Waals surface area contributed by atoms with Gasteiger partial charge in [-0.15, -0.1) is 0 Å². The number of thioether (sulfide) groups is 1. The van der Waals surface area contributed by atoms with E-state index >= 15 is 0 Å². The summed E-state index contributed by atoms with van der Waals surface area (Å²) in [4.78, 5) is 26.0. The minimum Gasteiger partial charge on any atom is -0.268 e. The van der Waals surface area contributed by atoms with Crippen molar-refractivity contribution < 1.29 is 9.59 Å². The Morgan fingerprint density at radius 2 is 1.70 bits per heavy atom. The SMILES string of the molecule is N#Cc1ccc(/C=C2\SC(=O)N(c3ccc(Cl)cc3)C2=O)cc1. The maximum atomic E-state index is 12.5. The zero-order chi connectivity index (χ0) is 16.4. The van der Waals surface area contributed by atoms with E-state index in [4.69, 9.17) is 16.9 Å². The minimum absolute atomic E-state index is 0.342. The van der Waals surface area contributed by atoms with Crippen molar-refractivity contribution >= 4 is 46.3 Å². The van der Waals surface area contributed by atoms with Crippen molar-refractivity contribution in [1.82, 2.24) is 0 Å². The summed E-state index contributed by atoms with van der Waals surface area (Å²) < 4.78 is 0. The minimum atomic E-state index is -0.369. The summed E-state index contributed by atoms with van der Waals surface area (Å²) in [5, 5.41) is 8.97. The third-order valence-electron chi connectivity index (χ3n) is 3.22. The van der Waals surface area contributed by atoms with Gasteiger partial charge in [-0.1, -0.05) is 23.7 Å². The number of anilines is 1. The van der Waals surface area contributed by atoms with Crippen LogP contribution in [0.3, 0.4) is 0 Å². The fourth-order valence-electron chi connectivity index (χ4n) is 2.09. The summed E-state index contributed by atoms with van der Waals surface area (Å²) in [5.74, 6) is -0.369. The molecule has 0 unspecified atom stereocenters. The monoisotopic (exact) mass is 340 g/mol. The van der Waals surface area contributed by atoms with E-state index in [9.17, 15) is 9.59 Å². The molecule has 0 aromatic heterocycles. The lowest BCUT2D eigenvalue weighted by atomic mass is 10.1. The van der Waals surface area contributed by atoms with Crippen molar-refractivity contribution in [2.45, 2.75) is 0 Å². The molecule has 1 fully saturated rings. The van der Waals surface area contributed by atoms with E-state index in [0.717, 1.165) is 22.2 Å². The second-order valence-corrected chi connectivity index (χ2v) is 6.16. The molecule has 23 heavy (non-hydrogen) atoms. The third kappa shape index (κ3) is 3.14. The van der Waals surface area contributed by atoms with Crippen molar-refractivity contribution in [3.63, 3.8) is 0 Å². The number of halogens is 1. The van der Waals surface area contributed by atoms with E-state index in [1.807, 2.05) is 6.07 Å². The predicted molar refractivity (Wildman–Crippen MR) is 91.1 cm³/mol. The Kier molecular flexibility index (Phi) is 4.20. The largest absolute Gasteiger partial charge is 0.298 e. The predicted octanol–water partition coefficient (Wildman–Crippen LogP) is 4.45. The molecule has 4 nitrogen and oxygen atoms in total. The Balaban J connectivity index is 1.89. The van der Waals surface area contributed by atoms with Gasteiger partial charge in [0.25, 0.3) is 11.1 Å². The second-order valence-electron chi connectivity index (χ2n) is 4.73. The number of amides is 2. The van der Waals surface area contributed by atoms with Crippen LogP contribution in [0.5, 0.6) is 0 Å². The van der Waals surface area contributed by atoms with Crippen molar-refractivity contribution in [3.05, 3.63) is 69.6 Å². The van der Waals surface area contributed by atoms with Gasteiger partial charge in [-0.05, 0) is 59.8 Å². The van der Waals surface area contributed by atoms with Crippen LogP contribution in [0.25, 0.3) is 6.08 Å². The molecule has 1 heterocycles. The molecule has 0 spiro atoms. The summed E-state index contributed by atoms with van der Waals surface area (Å²) in [6, 6.07) is 15.3. The van der Waals surface area contributed by atoms with Gasteiger partial charge in [-0.2, -0.15) is 5.26 Å². The van der Waals surface area contributed by atoms with Gasteiger partial charge in [0.05, 0.1) is 22.2 Å². The highest BCUT2D eigenvalue weighted by Gasteiger charge is 2.36. The van der Waals surface area contributed by atoms with E-state index in [0.29, 0.717) is 21.2 Å². The van der Waals surface area contributed by atoms with E-state index in [-0.39, 0.29) is 11.1 Å². The fraction of sp³-hybridized carbons (Fsp3) is 0. The van der Waals surface area contributed by atoms with Crippen LogP contribution in [0, 0.1) is 11.3 Å². The number of carbonyl (C=O) groups excluding carboxylic acids is 2. The Hall–Kier alpha value is -2.55.